The Morgan fingerprint density at radius 2 is 1.77 bits per heavy atom. The van der Waals surface area contributed by atoms with Gasteiger partial charge in [-0.15, -0.1) is 9.19 Å². The van der Waals surface area contributed by atoms with Gasteiger partial charge >= 0.3 is 0 Å². The molecule has 0 amide bonds. The van der Waals surface area contributed by atoms with E-state index in [1.54, 1.807) is 0 Å². The topological polar surface area (TPSA) is 177 Å². The minimum absolute atomic E-state index is 0.0287. The van der Waals surface area contributed by atoms with Crippen LogP contribution in [0.1, 0.15) is 5.56 Å². The molecule has 1 aromatic carbocycles. The number of primary sulfonamides is 1. The lowest BCUT2D eigenvalue weighted by Gasteiger charge is -2.09. The summed E-state index contributed by atoms with van der Waals surface area (Å²) in [6.07, 6.45) is 1.31. The third-order valence-corrected chi connectivity index (χ3v) is 5.78. The molecule has 0 saturated heterocycles. The maximum Gasteiger partial charge on any atom is 0.261 e. The normalized spacial score (nSPS) is 12.2. The van der Waals surface area contributed by atoms with E-state index in [1.165, 1.54) is 42.6 Å². The number of nitrogens with zero attached hydrogens (tertiary/aromatic N) is 5. The quantitative estimate of drug-likeness (QED) is 0.567. The molecule has 26 heavy (non-hydrogen) atoms. The second-order valence-electron chi connectivity index (χ2n) is 5.23. The molecule has 0 bridgehead atoms. The van der Waals surface area contributed by atoms with Gasteiger partial charge in [-0.25, -0.2) is 27.0 Å². The van der Waals surface area contributed by atoms with Gasteiger partial charge in [-0.2, -0.15) is 0 Å². The number of pyridine rings is 1. The maximum absolute atomic E-state index is 12.7. The van der Waals surface area contributed by atoms with E-state index in [9.17, 15) is 16.8 Å². The van der Waals surface area contributed by atoms with Crippen LogP contribution in [0.5, 0.6) is 0 Å². The summed E-state index contributed by atoms with van der Waals surface area (Å²) >= 11 is 0. The van der Waals surface area contributed by atoms with Gasteiger partial charge in [0.25, 0.3) is 10.0 Å². The number of hydrogen-bond acceptors (Lipinski definition) is 9. The average molecular weight is 395 g/mol. The highest BCUT2D eigenvalue weighted by molar-refractivity contribution is 7.89. The molecule has 0 aliphatic heterocycles. The first-order chi connectivity index (χ1) is 12.2. The molecule has 13 heteroatoms. The van der Waals surface area contributed by atoms with E-state index in [2.05, 4.69) is 20.5 Å². The number of aromatic nitrogens is 5. The Labute approximate surface area is 148 Å². The van der Waals surface area contributed by atoms with Crippen LogP contribution in [0.4, 0.5) is 5.82 Å². The second kappa shape index (κ2) is 6.44. The van der Waals surface area contributed by atoms with Gasteiger partial charge in [0.15, 0.2) is 5.82 Å². The standard InChI is InChI=1S/C13H13N7O4S2/c14-12-6-5-9(7-16-12)8-25(21,22)20-13(17-18-19-20)10-3-1-2-4-11(10)26(15,23)24/h1-7H,8H2,(H2,14,16)(H2,15,23,24). The molecule has 11 nitrogen and oxygen atoms in total. The molecule has 0 fully saturated rings. The van der Waals surface area contributed by atoms with Gasteiger partial charge < -0.3 is 5.73 Å². The largest absolute Gasteiger partial charge is 0.384 e. The molecule has 0 aliphatic rings. The Bertz CT molecular complexity index is 1160. The van der Waals surface area contributed by atoms with E-state index >= 15 is 0 Å². The lowest BCUT2D eigenvalue weighted by molar-refractivity contribution is 0.576. The number of sulfonamides is 1. The van der Waals surface area contributed by atoms with Gasteiger partial charge in [0.1, 0.15) is 5.82 Å². The highest BCUT2D eigenvalue weighted by atomic mass is 32.2. The summed E-state index contributed by atoms with van der Waals surface area (Å²) in [5, 5.41) is 15.7. The predicted octanol–water partition coefficient (Wildman–Crippen LogP) is -0.657. The molecule has 2 aromatic heterocycles. The molecular formula is C13H13N7O4S2. The van der Waals surface area contributed by atoms with Crippen molar-refractivity contribution >= 4 is 25.9 Å². The van der Waals surface area contributed by atoms with Crippen molar-refractivity contribution in [2.75, 3.05) is 5.73 Å². The van der Waals surface area contributed by atoms with Gasteiger partial charge in [0, 0.05) is 11.8 Å². The van der Waals surface area contributed by atoms with Gasteiger partial charge in [0.2, 0.25) is 10.0 Å². The Kier molecular flexibility index (Phi) is 4.43. The molecule has 0 radical (unpaired) electrons. The minimum Gasteiger partial charge on any atom is -0.384 e. The fourth-order valence-corrected chi connectivity index (χ4v) is 4.21. The Morgan fingerprint density at radius 3 is 2.42 bits per heavy atom. The average Bonchev–Trinajstić information content (AvgIpc) is 3.07. The monoisotopic (exact) mass is 395 g/mol. The van der Waals surface area contributed by atoms with Crippen molar-refractivity contribution in [3.8, 4) is 11.4 Å². The van der Waals surface area contributed by atoms with Crippen LogP contribution in [0.15, 0.2) is 47.5 Å². The molecule has 3 aromatic rings. The van der Waals surface area contributed by atoms with E-state index in [4.69, 9.17) is 10.9 Å². The van der Waals surface area contributed by atoms with E-state index in [-0.39, 0.29) is 22.1 Å². The van der Waals surface area contributed by atoms with Gasteiger partial charge in [-0.1, -0.05) is 18.2 Å². The van der Waals surface area contributed by atoms with Gasteiger partial charge in [-0.05, 0) is 34.2 Å². The number of rotatable bonds is 5. The summed E-state index contributed by atoms with van der Waals surface area (Å²) < 4.78 is 49.5. The number of nitrogens with two attached hydrogens (primary N) is 2. The summed E-state index contributed by atoms with van der Waals surface area (Å²) in [6, 6.07) is 8.53. The SMILES string of the molecule is Nc1ccc(CS(=O)(=O)n2nnnc2-c2ccccc2S(N)(=O)=O)cn1. The molecule has 2 heterocycles. The smallest absolute Gasteiger partial charge is 0.261 e. The highest BCUT2D eigenvalue weighted by Gasteiger charge is 2.26. The first kappa shape index (κ1) is 17.9. The molecule has 0 saturated carbocycles. The zero-order valence-electron chi connectivity index (χ0n) is 13.1. The third-order valence-electron chi connectivity index (χ3n) is 3.34. The second-order valence-corrected chi connectivity index (χ2v) is 8.56. The van der Waals surface area contributed by atoms with Crippen molar-refractivity contribution in [2.24, 2.45) is 5.14 Å². The molecule has 0 atom stereocenters. The van der Waals surface area contributed by atoms with E-state index in [0.717, 1.165) is 0 Å². The molecule has 0 unspecified atom stereocenters. The van der Waals surface area contributed by atoms with Crippen LogP contribution >= 0.6 is 0 Å². The summed E-state index contributed by atoms with van der Waals surface area (Å²) in [5.41, 5.74) is 5.81. The van der Waals surface area contributed by atoms with E-state index < -0.39 is 25.8 Å². The van der Waals surface area contributed by atoms with Crippen LogP contribution in [0.2, 0.25) is 0 Å². The zero-order chi connectivity index (χ0) is 18.9. The van der Waals surface area contributed by atoms with Crippen molar-refractivity contribution in [1.29, 1.82) is 0 Å². The number of tetrazole rings is 1. The molecule has 3 rings (SSSR count). The van der Waals surface area contributed by atoms with E-state index in [1.807, 2.05) is 0 Å². The summed E-state index contributed by atoms with van der Waals surface area (Å²) in [6.45, 7) is 0. The maximum atomic E-state index is 12.7. The molecule has 4 N–H and O–H groups in total. The van der Waals surface area contributed by atoms with E-state index in [0.29, 0.717) is 9.65 Å². The number of hydrogen-bond donors (Lipinski definition) is 2. The van der Waals surface area contributed by atoms with Crippen LogP contribution in [0.3, 0.4) is 0 Å². The number of benzene rings is 1. The van der Waals surface area contributed by atoms with Crippen LogP contribution in [0.25, 0.3) is 11.4 Å². The lowest BCUT2D eigenvalue weighted by Crippen LogP contribution is -2.19. The first-order valence-corrected chi connectivity index (χ1v) is 10.2. The Morgan fingerprint density at radius 1 is 1.04 bits per heavy atom. The van der Waals surface area contributed by atoms with Gasteiger partial charge in [0.05, 0.1) is 10.6 Å². The highest BCUT2D eigenvalue weighted by Crippen LogP contribution is 2.25. The summed E-state index contributed by atoms with van der Waals surface area (Å²) in [4.78, 5) is 3.54. The van der Waals surface area contributed by atoms with Crippen molar-refractivity contribution in [3.63, 3.8) is 0 Å². The first-order valence-electron chi connectivity index (χ1n) is 7.03. The summed E-state index contributed by atoms with van der Waals surface area (Å²) in [5.74, 6) is -0.482. The van der Waals surface area contributed by atoms with Crippen molar-refractivity contribution in [2.45, 2.75) is 10.6 Å². The molecule has 0 aliphatic carbocycles. The van der Waals surface area contributed by atoms with Crippen LogP contribution < -0.4 is 10.9 Å². The number of anilines is 1. The molecule has 136 valence electrons. The molecular weight excluding hydrogens is 382 g/mol. The number of nitrogen functional groups attached to an aromatic ring is 1. The Hall–Kier alpha value is -2.90. The van der Waals surface area contributed by atoms with Crippen LogP contribution in [0, 0.1) is 0 Å². The van der Waals surface area contributed by atoms with Crippen LogP contribution in [-0.4, -0.2) is 41.4 Å². The van der Waals surface area contributed by atoms with Crippen molar-refractivity contribution in [3.05, 3.63) is 48.2 Å². The van der Waals surface area contributed by atoms with Crippen molar-refractivity contribution in [1.82, 2.24) is 24.6 Å². The lowest BCUT2D eigenvalue weighted by atomic mass is 10.2. The zero-order valence-corrected chi connectivity index (χ0v) is 14.7. The third kappa shape index (κ3) is 3.54. The minimum atomic E-state index is -4.11. The predicted molar refractivity (Wildman–Crippen MR) is 91.3 cm³/mol. The summed E-state index contributed by atoms with van der Waals surface area (Å²) in [7, 11) is -8.17. The van der Waals surface area contributed by atoms with Crippen LogP contribution in [-0.2, 0) is 25.8 Å². The fraction of sp³-hybridized carbons (Fsp3) is 0.0769. The Balaban J connectivity index is 2.08. The van der Waals surface area contributed by atoms with Crippen molar-refractivity contribution < 1.29 is 16.8 Å². The molecule has 0 spiro atoms. The van der Waals surface area contributed by atoms with Gasteiger partial charge in [-0.3, -0.25) is 0 Å². The fourth-order valence-electron chi connectivity index (χ4n) is 2.22.